The monoisotopic (exact) mass is 430 g/mol. The van der Waals surface area contributed by atoms with E-state index in [0.717, 1.165) is 11.3 Å². The zero-order valence-electron chi connectivity index (χ0n) is 15.5. The highest BCUT2D eigenvalue weighted by Crippen LogP contribution is 2.30. The average Bonchev–Trinajstić information content (AvgIpc) is 2.73. The molecule has 2 aromatic carbocycles. The molecule has 0 radical (unpaired) electrons. The van der Waals surface area contributed by atoms with Crippen LogP contribution in [0, 0.1) is 10.1 Å². The van der Waals surface area contributed by atoms with Gasteiger partial charge in [-0.15, -0.1) is 0 Å². The van der Waals surface area contributed by atoms with Gasteiger partial charge in [0.25, 0.3) is 5.69 Å². The van der Waals surface area contributed by atoms with E-state index in [1.54, 1.807) is 12.1 Å². The predicted molar refractivity (Wildman–Crippen MR) is 118 cm³/mol. The first kappa shape index (κ1) is 20.8. The summed E-state index contributed by atoms with van der Waals surface area (Å²) >= 11 is 11.6. The number of hydrogen-bond acceptors (Lipinski definition) is 5. The van der Waals surface area contributed by atoms with Crippen LogP contribution < -0.4 is 10.2 Å². The van der Waals surface area contributed by atoms with E-state index >= 15 is 0 Å². The van der Waals surface area contributed by atoms with Crippen LogP contribution in [-0.4, -0.2) is 47.0 Å². The lowest BCUT2D eigenvalue weighted by Gasteiger charge is -2.37. The molecule has 1 aliphatic heterocycles. The minimum Gasteiger partial charge on any atom is -0.367 e. The largest absolute Gasteiger partial charge is 0.367 e. The van der Waals surface area contributed by atoms with Gasteiger partial charge in [0.15, 0.2) is 5.11 Å². The molecule has 2 aromatic rings. The maximum Gasteiger partial charge on any atom is 0.271 e. The van der Waals surface area contributed by atoms with Crippen LogP contribution in [0.5, 0.6) is 0 Å². The number of thiocarbonyl (C=S) groups is 1. The number of nitrogens with one attached hydrogen (secondary N) is 1. The molecule has 1 saturated heterocycles. The van der Waals surface area contributed by atoms with Gasteiger partial charge in [-0.25, -0.2) is 0 Å². The normalized spacial score (nSPS) is 14.1. The summed E-state index contributed by atoms with van der Waals surface area (Å²) in [5.74, 6) is -0.278. The van der Waals surface area contributed by atoms with Gasteiger partial charge < -0.3 is 9.80 Å². The van der Waals surface area contributed by atoms with E-state index in [1.807, 2.05) is 40.1 Å². The number of non-ortho nitro benzene ring substituents is 1. The molecule has 1 fully saturated rings. The van der Waals surface area contributed by atoms with E-state index in [2.05, 4.69) is 5.32 Å². The van der Waals surface area contributed by atoms with E-state index in [1.165, 1.54) is 18.2 Å². The first-order valence-electron chi connectivity index (χ1n) is 8.96. The highest BCUT2D eigenvalue weighted by molar-refractivity contribution is 7.80. The van der Waals surface area contributed by atoms with Crippen molar-refractivity contribution in [1.82, 2.24) is 10.2 Å². The van der Waals surface area contributed by atoms with E-state index in [-0.39, 0.29) is 11.6 Å². The minimum atomic E-state index is -0.471. The number of nitrogens with zero attached hydrogens (tertiary/aromatic N) is 3. The Bertz CT molecular complexity index is 944. The van der Waals surface area contributed by atoms with E-state index in [4.69, 9.17) is 23.8 Å². The summed E-state index contributed by atoms with van der Waals surface area (Å²) in [6.45, 7) is 2.48. The number of hydrogen-bond donors (Lipinski definition) is 1. The minimum absolute atomic E-state index is 0.0372. The van der Waals surface area contributed by atoms with Crippen molar-refractivity contribution in [3.63, 3.8) is 0 Å². The third-order valence-corrected chi connectivity index (χ3v) is 5.17. The number of benzene rings is 2. The fraction of sp³-hybridized carbons (Fsp3) is 0.200. The van der Waals surface area contributed by atoms with Gasteiger partial charge in [0.2, 0.25) is 5.91 Å². The van der Waals surface area contributed by atoms with Crippen molar-refractivity contribution in [2.75, 3.05) is 31.1 Å². The predicted octanol–water partition coefficient (Wildman–Crippen LogP) is 3.48. The molecule has 1 aliphatic rings. The van der Waals surface area contributed by atoms with Gasteiger partial charge in [-0.2, -0.15) is 0 Å². The van der Waals surface area contributed by atoms with Crippen molar-refractivity contribution in [2.45, 2.75) is 0 Å². The summed E-state index contributed by atoms with van der Waals surface area (Å²) in [5.41, 5.74) is 1.64. The Kier molecular flexibility index (Phi) is 6.79. The van der Waals surface area contributed by atoms with E-state index in [0.29, 0.717) is 36.3 Å². The summed E-state index contributed by atoms with van der Waals surface area (Å²) < 4.78 is 0. The standard InChI is InChI=1S/C20H19ClN4O3S/c21-17-14-16(25(27)28)7-8-18(17)23-10-12-24(13-11-23)20(29)22-19(26)9-6-15-4-2-1-3-5-15/h1-9,14H,10-13H2,(H,22,26,29). The Labute approximate surface area is 178 Å². The van der Waals surface area contributed by atoms with E-state index in [9.17, 15) is 14.9 Å². The Balaban J connectivity index is 1.52. The topological polar surface area (TPSA) is 78.7 Å². The molecule has 150 valence electrons. The second-order valence-corrected chi connectivity index (χ2v) is 7.20. The quantitative estimate of drug-likeness (QED) is 0.346. The Hall–Kier alpha value is -2.97. The maximum absolute atomic E-state index is 12.1. The number of piperazine rings is 1. The lowest BCUT2D eigenvalue weighted by molar-refractivity contribution is -0.384. The molecule has 0 saturated carbocycles. The molecule has 0 spiro atoms. The number of nitro benzene ring substituents is 1. The molecule has 0 bridgehead atoms. The molecule has 0 unspecified atom stereocenters. The van der Waals surface area contributed by atoms with Crippen molar-refractivity contribution >= 4 is 52.3 Å². The van der Waals surface area contributed by atoms with Crippen LogP contribution in [0.2, 0.25) is 5.02 Å². The molecular formula is C20H19ClN4O3S. The Morgan fingerprint density at radius 1 is 1.14 bits per heavy atom. The van der Waals surface area contributed by atoms with Gasteiger partial charge in [0, 0.05) is 44.4 Å². The Morgan fingerprint density at radius 2 is 1.83 bits per heavy atom. The van der Waals surface area contributed by atoms with Gasteiger partial charge in [-0.1, -0.05) is 41.9 Å². The molecular weight excluding hydrogens is 412 g/mol. The van der Waals surface area contributed by atoms with Crippen molar-refractivity contribution in [3.05, 3.63) is 75.3 Å². The van der Waals surface area contributed by atoms with Crippen LogP contribution in [0.15, 0.2) is 54.6 Å². The number of carbonyl (C=O) groups excluding carboxylic acids is 1. The van der Waals surface area contributed by atoms with Crippen LogP contribution in [0.1, 0.15) is 5.56 Å². The van der Waals surface area contributed by atoms with Gasteiger partial charge in [0.05, 0.1) is 15.6 Å². The molecule has 29 heavy (non-hydrogen) atoms. The molecule has 7 nitrogen and oxygen atoms in total. The summed E-state index contributed by atoms with van der Waals surface area (Å²) in [6, 6.07) is 14.0. The van der Waals surface area contributed by atoms with Crippen molar-refractivity contribution in [2.24, 2.45) is 0 Å². The van der Waals surface area contributed by atoms with Crippen LogP contribution in [-0.2, 0) is 4.79 Å². The fourth-order valence-corrected chi connectivity index (χ4v) is 3.56. The number of amides is 1. The zero-order chi connectivity index (χ0) is 20.8. The molecule has 0 aromatic heterocycles. The van der Waals surface area contributed by atoms with Crippen molar-refractivity contribution in [3.8, 4) is 0 Å². The third-order valence-electron chi connectivity index (χ3n) is 4.51. The summed E-state index contributed by atoms with van der Waals surface area (Å²) in [4.78, 5) is 26.4. The second kappa shape index (κ2) is 9.49. The molecule has 9 heteroatoms. The second-order valence-electron chi connectivity index (χ2n) is 6.41. The number of rotatable bonds is 4. The lowest BCUT2D eigenvalue weighted by atomic mass is 10.2. The lowest BCUT2D eigenvalue weighted by Crippen LogP contribution is -2.52. The smallest absolute Gasteiger partial charge is 0.271 e. The van der Waals surface area contributed by atoms with Crippen LogP contribution >= 0.6 is 23.8 Å². The summed E-state index contributed by atoms with van der Waals surface area (Å²) in [5, 5.41) is 14.3. The SMILES string of the molecule is O=C(C=Cc1ccccc1)NC(=S)N1CCN(c2ccc([N+](=O)[O-])cc2Cl)CC1. The molecule has 3 rings (SSSR count). The number of halogens is 1. The fourth-order valence-electron chi connectivity index (χ4n) is 2.98. The summed E-state index contributed by atoms with van der Waals surface area (Å²) in [6.07, 6.45) is 3.18. The third kappa shape index (κ3) is 5.52. The molecule has 1 heterocycles. The molecule has 1 N–H and O–H groups in total. The first-order chi connectivity index (χ1) is 13.9. The zero-order valence-corrected chi connectivity index (χ0v) is 17.0. The average molecular weight is 431 g/mol. The van der Waals surface area contributed by atoms with Gasteiger partial charge in [-0.3, -0.25) is 20.2 Å². The number of carbonyl (C=O) groups is 1. The number of anilines is 1. The van der Waals surface area contributed by atoms with Gasteiger partial charge in [0.1, 0.15) is 0 Å². The van der Waals surface area contributed by atoms with Crippen molar-refractivity contribution in [1.29, 1.82) is 0 Å². The van der Waals surface area contributed by atoms with Crippen LogP contribution in [0.3, 0.4) is 0 Å². The summed E-state index contributed by atoms with van der Waals surface area (Å²) in [7, 11) is 0. The first-order valence-corrected chi connectivity index (χ1v) is 9.74. The highest BCUT2D eigenvalue weighted by Gasteiger charge is 2.22. The van der Waals surface area contributed by atoms with Gasteiger partial charge >= 0.3 is 0 Å². The van der Waals surface area contributed by atoms with Crippen LogP contribution in [0.4, 0.5) is 11.4 Å². The van der Waals surface area contributed by atoms with Crippen LogP contribution in [0.25, 0.3) is 6.08 Å². The Morgan fingerprint density at radius 3 is 2.45 bits per heavy atom. The molecule has 1 amide bonds. The molecule has 0 aliphatic carbocycles. The highest BCUT2D eigenvalue weighted by atomic mass is 35.5. The van der Waals surface area contributed by atoms with Gasteiger partial charge in [-0.05, 0) is 29.9 Å². The van der Waals surface area contributed by atoms with Crippen molar-refractivity contribution < 1.29 is 9.72 Å². The number of nitro groups is 1. The maximum atomic E-state index is 12.1. The molecule has 0 atom stereocenters. The van der Waals surface area contributed by atoms with E-state index < -0.39 is 4.92 Å².